The Kier molecular flexibility index (Phi) is 8.89. The third-order valence-corrected chi connectivity index (χ3v) is 9.20. The molecular formula is C30H31F3N2O5S. The fourth-order valence-corrected chi connectivity index (χ4v) is 5.93. The van der Waals surface area contributed by atoms with Crippen LogP contribution in [0.4, 0.5) is 18.9 Å². The molecule has 3 atom stereocenters. The minimum Gasteiger partial charge on any atom is -0.394 e. The van der Waals surface area contributed by atoms with Crippen molar-refractivity contribution < 1.29 is 36.3 Å². The molecule has 0 saturated carbocycles. The van der Waals surface area contributed by atoms with E-state index in [1.54, 1.807) is 43.3 Å². The molecular weight excluding hydrogens is 557 g/mol. The van der Waals surface area contributed by atoms with Gasteiger partial charge in [-0.3, -0.25) is 9.59 Å². The fraction of sp³-hybridized carbons (Fsp3) is 0.333. The highest BCUT2D eigenvalue weighted by atomic mass is 32.2. The maximum Gasteiger partial charge on any atom is 0.416 e. The van der Waals surface area contributed by atoms with Gasteiger partial charge in [-0.25, -0.2) is 8.42 Å². The van der Waals surface area contributed by atoms with Gasteiger partial charge >= 0.3 is 6.18 Å². The number of sulfone groups is 1. The van der Waals surface area contributed by atoms with Gasteiger partial charge in [0.05, 0.1) is 34.9 Å². The number of aliphatic hydroxyl groups is 1. The lowest BCUT2D eigenvalue weighted by Gasteiger charge is -2.25. The lowest BCUT2D eigenvalue weighted by Crippen LogP contribution is -2.34. The number of ketones is 1. The van der Waals surface area contributed by atoms with E-state index in [1.165, 1.54) is 31.2 Å². The van der Waals surface area contributed by atoms with Gasteiger partial charge < -0.3 is 15.3 Å². The summed E-state index contributed by atoms with van der Waals surface area (Å²) in [6.07, 6.45) is -3.96. The maximum absolute atomic E-state index is 13.0. The summed E-state index contributed by atoms with van der Waals surface area (Å²) in [6, 6.07) is 16.4. The largest absolute Gasteiger partial charge is 0.416 e. The summed E-state index contributed by atoms with van der Waals surface area (Å²) in [4.78, 5) is 27.4. The molecule has 41 heavy (non-hydrogen) atoms. The normalized spacial score (nSPS) is 18.2. The number of rotatable bonds is 9. The van der Waals surface area contributed by atoms with Gasteiger partial charge in [0.15, 0.2) is 15.6 Å². The fourth-order valence-electron chi connectivity index (χ4n) is 5.05. The van der Waals surface area contributed by atoms with E-state index in [1.807, 2.05) is 4.90 Å². The van der Waals surface area contributed by atoms with Crippen molar-refractivity contribution in [1.82, 2.24) is 5.32 Å². The van der Waals surface area contributed by atoms with E-state index in [4.69, 9.17) is 0 Å². The molecule has 1 saturated heterocycles. The zero-order valence-corrected chi connectivity index (χ0v) is 23.4. The minimum atomic E-state index is -4.42. The van der Waals surface area contributed by atoms with Gasteiger partial charge in [0.1, 0.15) is 0 Å². The Morgan fingerprint density at radius 1 is 1.00 bits per heavy atom. The van der Waals surface area contributed by atoms with Crippen LogP contribution in [0.5, 0.6) is 0 Å². The Morgan fingerprint density at radius 3 is 2.12 bits per heavy atom. The van der Waals surface area contributed by atoms with Gasteiger partial charge in [-0.2, -0.15) is 13.2 Å². The van der Waals surface area contributed by atoms with E-state index in [2.05, 4.69) is 5.32 Å². The first-order valence-corrected chi connectivity index (χ1v) is 14.8. The van der Waals surface area contributed by atoms with Crippen molar-refractivity contribution in [2.24, 2.45) is 0 Å². The molecule has 1 unspecified atom stereocenters. The number of halogens is 3. The van der Waals surface area contributed by atoms with Crippen LogP contribution in [0, 0.1) is 0 Å². The van der Waals surface area contributed by atoms with Crippen LogP contribution in [0.2, 0.25) is 0 Å². The van der Waals surface area contributed by atoms with Crippen molar-refractivity contribution in [2.45, 2.75) is 49.3 Å². The van der Waals surface area contributed by atoms with Gasteiger partial charge in [-0.15, -0.1) is 0 Å². The Balaban J connectivity index is 1.46. The van der Waals surface area contributed by atoms with Crippen molar-refractivity contribution >= 4 is 27.2 Å². The van der Waals surface area contributed by atoms with E-state index in [9.17, 15) is 36.3 Å². The number of amides is 1. The van der Waals surface area contributed by atoms with Crippen LogP contribution in [0.15, 0.2) is 77.7 Å². The zero-order chi connectivity index (χ0) is 29.9. The molecule has 0 radical (unpaired) electrons. The van der Waals surface area contributed by atoms with E-state index in [0.717, 1.165) is 17.7 Å². The second-order valence-electron chi connectivity index (χ2n) is 10.1. The van der Waals surface area contributed by atoms with E-state index in [0.29, 0.717) is 29.8 Å². The molecule has 0 aromatic heterocycles. The van der Waals surface area contributed by atoms with Crippen LogP contribution in [-0.2, 0) is 20.8 Å². The molecule has 0 aliphatic carbocycles. The van der Waals surface area contributed by atoms with Crippen molar-refractivity contribution in [1.29, 1.82) is 0 Å². The van der Waals surface area contributed by atoms with E-state index >= 15 is 0 Å². The number of aliphatic hydroxyl groups excluding tert-OH is 1. The molecule has 1 amide bonds. The average Bonchev–Trinajstić information content (AvgIpc) is 3.42. The molecule has 3 aromatic carbocycles. The molecule has 4 rings (SSSR count). The van der Waals surface area contributed by atoms with Gasteiger partial charge in [0, 0.05) is 23.7 Å². The molecule has 0 bridgehead atoms. The monoisotopic (exact) mass is 588 g/mol. The van der Waals surface area contributed by atoms with Gasteiger partial charge in [0.25, 0.3) is 5.91 Å². The van der Waals surface area contributed by atoms with Crippen molar-refractivity contribution in [3.8, 4) is 0 Å². The molecule has 0 spiro atoms. The van der Waals surface area contributed by atoms with Crippen LogP contribution in [0.3, 0.4) is 0 Å². The first kappa shape index (κ1) is 30.3. The highest BCUT2D eigenvalue weighted by Crippen LogP contribution is 2.37. The van der Waals surface area contributed by atoms with Crippen LogP contribution < -0.4 is 10.2 Å². The molecule has 11 heteroatoms. The lowest BCUT2D eigenvalue weighted by atomic mass is 9.94. The molecule has 3 aromatic rings. The number of carbonyl (C=O) groups excluding carboxylic acids is 2. The van der Waals surface area contributed by atoms with Crippen LogP contribution in [-0.4, -0.2) is 50.2 Å². The quantitative estimate of drug-likeness (QED) is 0.368. The first-order chi connectivity index (χ1) is 19.3. The number of Topliss-reactive ketones (excluding diaryl/α,β-unsaturated/α-hetero) is 1. The second kappa shape index (κ2) is 12.0. The van der Waals surface area contributed by atoms with Gasteiger partial charge in [-0.1, -0.05) is 31.2 Å². The van der Waals surface area contributed by atoms with Gasteiger partial charge in [0.2, 0.25) is 0 Å². The summed E-state index contributed by atoms with van der Waals surface area (Å²) in [7, 11) is -3.38. The van der Waals surface area contributed by atoms with Crippen LogP contribution >= 0.6 is 0 Å². The van der Waals surface area contributed by atoms with Crippen molar-refractivity contribution in [2.75, 3.05) is 23.8 Å². The third-order valence-electron chi connectivity index (χ3n) is 7.45. The number of alkyl halides is 3. The molecule has 1 heterocycles. The Labute approximate surface area is 236 Å². The van der Waals surface area contributed by atoms with E-state index < -0.39 is 46.2 Å². The SMILES string of the molecule is CCS(=O)(=O)c1ccc([C@H](CO)NC(=O)c2ccc(N3CC(c4ccc(C(F)(F)F)cc4)C[C@H]3C(C)=O)cc2)cc1. The van der Waals surface area contributed by atoms with Crippen molar-refractivity contribution in [3.63, 3.8) is 0 Å². The summed E-state index contributed by atoms with van der Waals surface area (Å²) in [5.74, 6) is -0.695. The number of carbonyl (C=O) groups is 2. The van der Waals surface area contributed by atoms with Crippen molar-refractivity contribution in [3.05, 3.63) is 95.1 Å². The summed E-state index contributed by atoms with van der Waals surface area (Å²) in [5, 5.41) is 12.6. The smallest absolute Gasteiger partial charge is 0.394 e. The Hall–Kier alpha value is -3.70. The van der Waals surface area contributed by atoms with Gasteiger partial charge in [-0.05, 0) is 73.0 Å². The van der Waals surface area contributed by atoms with Crippen LogP contribution in [0.25, 0.3) is 0 Å². The molecule has 7 nitrogen and oxygen atoms in total. The maximum atomic E-state index is 13.0. The summed E-state index contributed by atoms with van der Waals surface area (Å²) in [5.41, 5.74) is 1.55. The predicted molar refractivity (Wildman–Crippen MR) is 149 cm³/mol. The lowest BCUT2D eigenvalue weighted by molar-refractivity contribution is -0.137. The predicted octanol–water partition coefficient (Wildman–Crippen LogP) is 4.91. The number of nitrogens with one attached hydrogen (secondary N) is 1. The second-order valence-corrected chi connectivity index (χ2v) is 12.3. The zero-order valence-electron chi connectivity index (χ0n) is 22.6. The van der Waals surface area contributed by atoms with Crippen LogP contribution in [0.1, 0.15) is 59.3 Å². The number of benzene rings is 3. The molecule has 1 fully saturated rings. The number of anilines is 1. The number of hydrogen-bond acceptors (Lipinski definition) is 6. The standard InChI is InChI=1S/C30H31F3N2O5S/c1-3-41(39,40)26-14-8-21(9-15-26)27(18-36)34-29(38)22-6-12-25(13-7-22)35-17-23(16-28(35)19(2)37)20-4-10-24(11-5-20)30(31,32)33/h4-15,23,27-28,36H,3,16-18H2,1-2H3,(H,34,38)/t23?,27-,28-/m0/s1. The number of nitrogens with zero attached hydrogens (tertiary/aromatic N) is 1. The summed E-state index contributed by atoms with van der Waals surface area (Å²) in [6.45, 7) is 3.06. The Morgan fingerprint density at radius 2 is 1.61 bits per heavy atom. The molecule has 1 aliphatic heterocycles. The number of hydrogen-bond donors (Lipinski definition) is 2. The highest BCUT2D eigenvalue weighted by molar-refractivity contribution is 7.91. The molecule has 218 valence electrons. The summed E-state index contributed by atoms with van der Waals surface area (Å²) >= 11 is 0. The topological polar surface area (TPSA) is 104 Å². The highest BCUT2D eigenvalue weighted by Gasteiger charge is 2.36. The minimum absolute atomic E-state index is 0.0389. The average molecular weight is 589 g/mol. The van der Waals surface area contributed by atoms with E-state index in [-0.39, 0.29) is 22.3 Å². The Bertz CT molecular complexity index is 1490. The molecule has 1 aliphatic rings. The summed E-state index contributed by atoms with van der Waals surface area (Å²) < 4.78 is 63.0. The third kappa shape index (κ3) is 6.79. The first-order valence-electron chi connectivity index (χ1n) is 13.1. The molecule has 2 N–H and O–H groups in total.